The molecule has 290 valence electrons. The van der Waals surface area contributed by atoms with Gasteiger partial charge in [0, 0.05) is 23.6 Å². The molecule has 3 aliphatic carbocycles. The molecule has 3 N–H and O–H groups in total. The highest BCUT2D eigenvalue weighted by Crippen LogP contribution is 2.47. The van der Waals surface area contributed by atoms with Gasteiger partial charge in [0.1, 0.15) is 41.3 Å². The number of nitrogens with one attached hydrogen (secondary N) is 3. The Labute approximate surface area is 310 Å². The van der Waals surface area contributed by atoms with Crippen LogP contribution in [0.3, 0.4) is 0 Å². The first-order valence-corrected chi connectivity index (χ1v) is 19.9. The molecular weight excluding hydrogens is 706 g/mol. The zero-order valence-electron chi connectivity index (χ0n) is 31.2. The molecule has 4 amide bonds. The van der Waals surface area contributed by atoms with Crippen molar-refractivity contribution in [2.75, 3.05) is 13.7 Å². The van der Waals surface area contributed by atoms with Crippen molar-refractivity contribution in [2.24, 2.45) is 11.3 Å². The van der Waals surface area contributed by atoms with Crippen molar-refractivity contribution in [2.45, 2.75) is 128 Å². The molecule has 0 spiro atoms. The number of nitrogens with zero attached hydrogens (tertiary/aromatic N) is 2. The molecule has 15 nitrogen and oxygen atoms in total. The summed E-state index contributed by atoms with van der Waals surface area (Å²) in [6.45, 7) is 9.15. The molecule has 4 fully saturated rings. The number of alkyl carbamates (subject to hydrolysis) is 1. The topological polar surface area (TPSA) is 192 Å². The van der Waals surface area contributed by atoms with E-state index in [1.165, 1.54) is 4.90 Å². The van der Waals surface area contributed by atoms with Crippen molar-refractivity contribution in [3.63, 3.8) is 0 Å². The van der Waals surface area contributed by atoms with Crippen molar-refractivity contribution in [1.82, 2.24) is 25.2 Å². The van der Waals surface area contributed by atoms with Gasteiger partial charge >= 0.3 is 16.4 Å². The van der Waals surface area contributed by atoms with E-state index in [0.717, 1.165) is 36.6 Å². The van der Waals surface area contributed by atoms with Crippen molar-refractivity contribution in [3.05, 3.63) is 30.0 Å². The lowest BCUT2D eigenvalue weighted by Gasteiger charge is -2.35. The molecule has 1 saturated heterocycles. The van der Waals surface area contributed by atoms with E-state index < -0.39 is 69.4 Å². The van der Waals surface area contributed by atoms with Crippen LogP contribution in [0, 0.1) is 18.3 Å². The summed E-state index contributed by atoms with van der Waals surface area (Å²) in [5.74, 6) is -1.22. The lowest BCUT2D eigenvalue weighted by Crippen LogP contribution is -2.60. The average Bonchev–Trinajstić information content (AvgIpc) is 3.92. The van der Waals surface area contributed by atoms with Gasteiger partial charge < -0.3 is 29.7 Å². The van der Waals surface area contributed by atoms with Crippen LogP contribution in [0.5, 0.6) is 11.5 Å². The van der Waals surface area contributed by atoms with Crippen LogP contribution in [-0.4, -0.2) is 91.7 Å². The van der Waals surface area contributed by atoms with E-state index in [-0.39, 0.29) is 31.4 Å². The number of pyridine rings is 1. The summed E-state index contributed by atoms with van der Waals surface area (Å²) in [5.41, 5.74) is -0.801. The smallest absolute Gasteiger partial charge is 0.408 e. The molecule has 0 radical (unpaired) electrons. The Morgan fingerprint density at radius 1 is 1.02 bits per heavy atom. The number of rotatable bonds is 13. The van der Waals surface area contributed by atoms with Gasteiger partial charge in [-0.25, -0.2) is 9.52 Å². The highest BCUT2D eigenvalue weighted by atomic mass is 32.2. The standard InChI is InChI=1S/C37H51N5O10S/c1-7-22-19-37(22,34(45)41-53(47,48)52-24-12-13-24)40-32(43)27-18-25(50-29-16-17-38-30-21(2)28(49-6)15-14-26(29)30)20-42(27)33(44)31(36(3,4)5)39-35(46)51-23-10-8-9-11-23/h14-17,22-25,27,31H,7-13,18-20H2,1-6H3,(H,39,46)(H,40,43)(H,41,45)/t22-,25-,27+,31-,37-/m1/s1. The fourth-order valence-electron chi connectivity index (χ4n) is 7.50. The van der Waals surface area contributed by atoms with Gasteiger partial charge in [-0.05, 0) is 81.4 Å². The molecule has 5 atom stereocenters. The van der Waals surface area contributed by atoms with Gasteiger partial charge in [0.05, 0.1) is 25.3 Å². The highest BCUT2D eigenvalue weighted by Gasteiger charge is 2.62. The molecule has 1 aromatic carbocycles. The van der Waals surface area contributed by atoms with Crippen LogP contribution in [0.15, 0.2) is 24.4 Å². The van der Waals surface area contributed by atoms with E-state index >= 15 is 0 Å². The van der Waals surface area contributed by atoms with Crippen molar-refractivity contribution in [3.8, 4) is 11.5 Å². The lowest BCUT2D eigenvalue weighted by molar-refractivity contribution is -0.143. The SMILES string of the molecule is CC[C@@H]1C[C@]1(NC(=O)[C@@H]1C[C@@H](Oc2ccnc3c(C)c(OC)ccc23)CN1C(=O)[C@@H](NC(=O)OC1CCCC1)C(C)(C)C)C(=O)NS(=O)(=O)OC1CC1. The molecule has 3 saturated carbocycles. The zero-order valence-corrected chi connectivity index (χ0v) is 32.0. The lowest BCUT2D eigenvalue weighted by atomic mass is 9.85. The summed E-state index contributed by atoms with van der Waals surface area (Å²) >= 11 is 0. The number of carbonyl (C=O) groups is 4. The summed E-state index contributed by atoms with van der Waals surface area (Å²) < 4.78 is 49.8. The Balaban J connectivity index is 1.27. The predicted molar refractivity (Wildman–Crippen MR) is 193 cm³/mol. The van der Waals surface area contributed by atoms with Crippen LogP contribution in [0.2, 0.25) is 0 Å². The van der Waals surface area contributed by atoms with Gasteiger partial charge in [0.25, 0.3) is 5.91 Å². The Bertz CT molecular complexity index is 1860. The molecule has 4 aliphatic rings. The first-order valence-electron chi connectivity index (χ1n) is 18.5. The molecule has 2 aromatic rings. The molecule has 0 bridgehead atoms. The summed E-state index contributed by atoms with van der Waals surface area (Å²) in [6.07, 6.45) is 4.90. The molecular formula is C37H51N5O10S. The minimum absolute atomic E-state index is 0.0121. The first kappa shape index (κ1) is 38.5. The molecule has 6 rings (SSSR count). The Kier molecular flexibility index (Phi) is 10.9. The summed E-state index contributed by atoms with van der Waals surface area (Å²) in [7, 11) is -2.81. The van der Waals surface area contributed by atoms with E-state index in [2.05, 4.69) is 15.6 Å². The average molecular weight is 758 g/mol. The molecule has 0 unspecified atom stereocenters. The van der Waals surface area contributed by atoms with Gasteiger partial charge in [-0.3, -0.25) is 23.6 Å². The van der Waals surface area contributed by atoms with Crippen molar-refractivity contribution >= 4 is 45.0 Å². The van der Waals surface area contributed by atoms with E-state index in [4.69, 9.17) is 18.4 Å². The number of ether oxygens (including phenoxy) is 3. The number of hydrogen-bond donors (Lipinski definition) is 3. The second-order valence-electron chi connectivity index (χ2n) is 15.8. The Hall–Kier alpha value is -4.18. The highest BCUT2D eigenvalue weighted by molar-refractivity contribution is 7.85. The van der Waals surface area contributed by atoms with Gasteiger partial charge in [0.2, 0.25) is 11.8 Å². The molecule has 1 aliphatic heterocycles. The van der Waals surface area contributed by atoms with E-state index in [9.17, 15) is 27.6 Å². The van der Waals surface area contributed by atoms with Crippen LogP contribution < -0.4 is 24.8 Å². The van der Waals surface area contributed by atoms with Crippen molar-refractivity contribution in [1.29, 1.82) is 0 Å². The fraction of sp³-hybridized carbons (Fsp3) is 0.649. The minimum atomic E-state index is -4.39. The maximum absolute atomic E-state index is 14.6. The summed E-state index contributed by atoms with van der Waals surface area (Å²) in [5, 5.41) is 6.33. The van der Waals surface area contributed by atoms with Crippen LogP contribution in [0.1, 0.15) is 91.0 Å². The monoisotopic (exact) mass is 757 g/mol. The normalized spacial score (nSPS) is 25.1. The number of aryl methyl sites for hydroxylation is 1. The predicted octanol–water partition coefficient (Wildman–Crippen LogP) is 3.81. The minimum Gasteiger partial charge on any atom is -0.496 e. The number of likely N-dealkylation sites (tertiary alicyclic amines) is 1. The van der Waals surface area contributed by atoms with Gasteiger partial charge in [-0.2, -0.15) is 8.42 Å². The van der Waals surface area contributed by atoms with E-state index in [0.29, 0.717) is 36.3 Å². The van der Waals surface area contributed by atoms with Crippen LogP contribution in [0.4, 0.5) is 4.79 Å². The third-order valence-corrected chi connectivity index (χ3v) is 11.7. The molecule has 53 heavy (non-hydrogen) atoms. The quantitative estimate of drug-likeness (QED) is 0.269. The number of hydrogen-bond acceptors (Lipinski definition) is 11. The van der Waals surface area contributed by atoms with Crippen molar-refractivity contribution < 1.29 is 46.0 Å². The third-order valence-electron chi connectivity index (χ3n) is 10.7. The van der Waals surface area contributed by atoms with Gasteiger partial charge in [-0.15, -0.1) is 0 Å². The second-order valence-corrected chi connectivity index (χ2v) is 17.1. The fourth-order valence-corrected chi connectivity index (χ4v) is 8.51. The Morgan fingerprint density at radius 3 is 2.36 bits per heavy atom. The Morgan fingerprint density at radius 2 is 1.74 bits per heavy atom. The van der Waals surface area contributed by atoms with Crippen LogP contribution in [0.25, 0.3) is 10.9 Å². The number of amides is 4. The summed E-state index contributed by atoms with van der Waals surface area (Å²) in [4.78, 5) is 61.4. The molecule has 16 heteroatoms. The molecule has 2 heterocycles. The first-order chi connectivity index (χ1) is 25.0. The van der Waals surface area contributed by atoms with Gasteiger partial charge in [-0.1, -0.05) is 34.1 Å². The number of methoxy groups -OCH3 is 1. The van der Waals surface area contributed by atoms with E-state index in [1.807, 2.05) is 51.5 Å². The number of carbonyl (C=O) groups excluding carboxylic acids is 4. The largest absolute Gasteiger partial charge is 0.496 e. The van der Waals surface area contributed by atoms with Crippen LogP contribution in [-0.2, 0) is 33.6 Å². The van der Waals surface area contributed by atoms with Gasteiger partial charge in [0.15, 0.2) is 0 Å². The third kappa shape index (κ3) is 8.48. The maximum atomic E-state index is 14.6. The second kappa shape index (κ2) is 14.9. The summed E-state index contributed by atoms with van der Waals surface area (Å²) in [6, 6.07) is 3.17. The zero-order chi connectivity index (χ0) is 38.3. The number of benzene rings is 1. The molecule has 1 aromatic heterocycles. The van der Waals surface area contributed by atoms with Crippen LogP contribution >= 0.6 is 0 Å². The number of fused-ring (bicyclic) bond motifs is 1. The maximum Gasteiger partial charge on any atom is 0.408 e. The van der Waals surface area contributed by atoms with E-state index in [1.54, 1.807) is 19.4 Å². The number of aromatic nitrogens is 1.